The molecule has 0 saturated carbocycles. The zero-order valence-corrected chi connectivity index (χ0v) is 8.53. The van der Waals surface area contributed by atoms with E-state index in [0.29, 0.717) is 10.8 Å². The molecule has 0 fully saturated rings. The number of hydrogen-bond acceptors (Lipinski definition) is 2. The van der Waals surface area contributed by atoms with Crippen molar-refractivity contribution < 1.29 is 0 Å². The first-order valence-corrected chi connectivity index (χ1v) is 5.11. The monoisotopic (exact) mass is 219 g/mol. The maximum Gasteiger partial charge on any atom is 0.0963 e. The summed E-state index contributed by atoms with van der Waals surface area (Å²) in [4.78, 5) is 4.12. The Labute approximate surface area is 85.8 Å². The van der Waals surface area contributed by atoms with Gasteiger partial charge in [0.2, 0.25) is 0 Å². The van der Waals surface area contributed by atoms with Gasteiger partial charge in [-0.2, -0.15) is 0 Å². The van der Waals surface area contributed by atoms with Crippen LogP contribution in [0.5, 0.6) is 0 Å². The summed E-state index contributed by atoms with van der Waals surface area (Å²) < 4.78 is 0. The smallest absolute Gasteiger partial charge is 0.0963 e. The number of pyridine rings is 1. The molecule has 0 saturated heterocycles. The predicted octanol–water partition coefficient (Wildman–Crippen LogP) is 3.49. The largest absolute Gasteiger partial charge is 0.250 e. The molecular weight excluding hydrogens is 213 g/mol. The second-order valence-electron chi connectivity index (χ2n) is 2.01. The SMILES string of the molecule is Cl/C=C(/Cl)CSc1ccccn1. The van der Waals surface area contributed by atoms with E-state index < -0.39 is 0 Å². The Kier molecular flexibility index (Phi) is 4.51. The molecule has 0 aromatic carbocycles. The molecule has 4 heteroatoms. The molecule has 1 rings (SSSR count). The molecule has 1 heterocycles. The van der Waals surface area contributed by atoms with E-state index in [1.54, 1.807) is 18.0 Å². The first-order chi connectivity index (χ1) is 5.83. The van der Waals surface area contributed by atoms with E-state index in [9.17, 15) is 0 Å². The normalized spacial score (nSPS) is 11.7. The lowest BCUT2D eigenvalue weighted by Gasteiger charge is -1.97. The summed E-state index contributed by atoms with van der Waals surface area (Å²) in [6.07, 6.45) is 1.75. The molecule has 1 aromatic heterocycles. The van der Waals surface area contributed by atoms with Crippen LogP contribution in [-0.4, -0.2) is 10.7 Å². The van der Waals surface area contributed by atoms with Crippen molar-refractivity contribution in [2.45, 2.75) is 5.03 Å². The number of halogens is 2. The van der Waals surface area contributed by atoms with Gasteiger partial charge >= 0.3 is 0 Å². The van der Waals surface area contributed by atoms with Crippen LogP contribution in [0.3, 0.4) is 0 Å². The van der Waals surface area contributed by atoms with E-state index in [1.165, 1.54) is 5.54 Å². The summed E-state index contributed by atoms with van der Waals surface area (Å²) in [5.74, 6) is 0.669. The molecule has 0 unspecified atom stereocenters. The van der Waals surface area contributed by atoms with Crippen molar-refractivity contribution >= 4 is 35.0 Å². The highest BCUT2D eigenvalue weighted by molar-refractivity contribution is 7.99. The average Bonchev–Trinajstić information content (AvgIpc) is 2.16. The highest BCUT2D eigenvalue weighted by Gasteiger charge is 1.95. The van der Waals surface area contributed by atoms with Crippen LogP contribution in [0.1, 0.15) is 0 Å². The van der Waals surface area contributed by atoms with Crippen LogP contribution in [0.25, 0.3) is 0 Å². The summed E-state index contributed by atoms with van der Waals surface area (Å²) in [6, 6.07) is 5.75. The minimum atomic E-state index is 0.632. The topological polar surface area (TPSA) is 12.9 Å². The number of nitrogens with zero attached hydrogens (tertiary/aromatic N) is 1. The molecule has 0 atom stereocenters. The molecule has 0 bridgehead atoms. The van der Waals surface area contributed by atoms with Crippen molar-refractivity contribution in [1.82, 2.24) is 4.98 Å². The van der Waals surface area contributed by atoms with E-state index in [2.05, 4.69) is 4.98 Å². The highest BCUT2D eigenvalue weighted by atomic mass is 35.5. The second-order valence-corrected chi connectivity index (χ2v) is 3.71. The van der Waals surface area contributed by atoms with Crippen LogP contribution < -0.4 is 0 Å². The van der Waals surface area contributed by atoms with Gasteiger partial charge < -0.3 is 0 Å². The molecule has 0 radical (unpaired) electrons. The molecule has 1 aromatic rings. The summed E-state index contributed by atoms with van der Waals surface area (Å²) in [6.45, 7) is 0. The van der Waals surface area contributed by atoms with Crippen LogP contribution in [0.15, 0.2) is 40.0 Å². The lowest BCUT2D eigenvalue weighted by atomic mass is 10.5. The molecule has 12 heavy (non-hydrogen) atoms. The van der Waals surface area contributed by atoms with Gasteiger partial charge in [-0.05, 0) is 12.1 Å². The van der Waals surface area contributed by atoms with Gasteiger partial charge in [0, 0.05) is 22.5 Å². The molecular formula is C8H7Cl2NS. The maximum absolute atomic E-state index is 5.70. The van der Waals surface area contributed by atoms with Crippen LogP contribution in [0.4, 0.5) is 0 Å². The van der Waals surface area contributed by atoms with Gasteiger partial charge in [0.25, 0.3) is 0 Å². The Hall–Kier alpha value is -0.180. The van der Waals surface area contributed by atoms with Gasteiger partial charge in [0.15, 0.2) is 0 Å². The van der Waals surface area contributed by atoms with Crippen molar-refractivity contribution in [1.29, 1.82) is 0 Å². The van der Waals surface area contributed by atoms with Crippen molar-refractivity contribution in [2.75, 3.05) is 5.75 Å². The zero-order valence-electron chi connectivity index (χ0n) is 6.21. The molecule has 0 aliphatic carbocycles. The first-order valence-electron chi connectivity index (χ1n) is 3.31. The summed E-state index contributed by atoms with van der Waals surface area (Å²) in [5.41, 5.74) is 1.37. The fourth-order valence-electron chi connectivity index (χ4n) is 0.607. The van der Waals surface area contributed by atoms with E-state index in [1.807, 2.05) is 18.2 Å². The van der Waals surface area contributed by atoms with E-state index >= 15 is 0 Å². The standard InChI is InChI=1S/C8H7Cl2NS/c9-5-7(10)6-12-8-3-1-2-4-11-8/h1-5H,6H2/b7-5+. The van der Waals surface area contributed by atoms with Gasteiger partial charge in [-0.15, -0.1) is 11.8 Å². The fraction of sp³-hybridized carbons (Fsp3) is 0.125. The summed E-state index contributed by atoms with van der Waals surface area (Å²) >= 11 is 12.6. The molecule has 0 N–H and O–H groups in total. The zero-order chi connectivity index (χ0) is 8.81. The number of aromatic nitrogens is 1. The molecule has 0 amide bonds. The average molecular weight is 220 g/mol. The first kappa shape index (κ1) is 9.90. The Morgan fingerprint density at radius 3 is 3.00 bits per heavy atom. The molecule has 1 nitrogen and oxygen atoms in total. The molecule has 64 valence electrons. The lowest BCUT2D eigenvalue weighted by molar-refractivity contribution is 1.14. The highest BCUT2D eigenvalue weighted by Crippen LogP contribution is 2.19. The van der Waals surface area contributed by atoms with Crippen molar-refractivity contribution in [3.8, 4) is 0 Å². The van der Waals surface area contributed by atoms with Gasteiger partial charge in [-0.25, -0.2) is 4.98 Å². The van der Waals surface area contributed by atoms with Crippen molar-refractivity contribution in [3.05, 3.63) is 35.0 Å². The minimum absolute atomic E-state index is 0.632. The van der Waals surface area contributed by atoms with Gasteiger partial charge in [-0.3, -0.25) is 0 Å². The third kappa shape index (κ3) is 3.48. The Morgan fingerprint density at radius 2 is 2.42 bits per heavy atom. The number of hydrogen-bond donors (Lipinski definition) is 0. The lowest BCUT2D eigenvalue weighted by Crippen LogP contribution is -1.80. The Morgan fingerprint density at radius 1 is 1.58 bits per heavy atom. The van der Waals surface area contributed by atoms with Gasteiger partial charge in [0.05, 0.1) is 5.03 Å². The van der Waals surface area contributed by atoms with Gasteiger partial charge in [0.1, 0.15) is 0 Å². The van der Waals surface area contributed by atoms with Crippen LogP contribution in [-0.2, 0) is 0 Å². The third-order valence-corrected chi connectivity index (χ3v) is 2.88. The van der Waals surface area contributed by atoms with Crippen LogP contribution in [0, 0.1) is 0 Å². The molecule has 0 spiro atoms. The van der Waals surface area contributed by atoms with E-state index in [0.717, 1.165) is 5.03 Å². The number of thioether (sulfide) groups is 1. The predicted molar refractivity (Wildman–Crippen MR) is 54.8 cm³/mol. The van der Waals surface area contributed by atoms with Crippen molar-refractivity contribution in [2.24, 2.45) is 0 Å². The summed E-state index contributed by atoms with van der Waals surface area (Å²) in [7, 11) is 0. The second kappa shape index (κ2) is 5.46. The third-order valence-electron chi connectivity index (χ3n) is 1.11. The number of rotatable bonds is 3. The van der Waals surface area contributed by atoms with Crippen LogP contribution >= 0.6 is 35.0 Å². The van der Waals surface area contributed by atoms with Gasteiger partial charge in [-0.1, -0.05) is 29.3 Å². The Balaban J connectivity index is 2.44. The quantitative estimate of drug-likeness (QED) is 0.723. The molecule has 0 aliphatic rings. The molecule has 0 aliphatic heterocycles. The van der Waals surface area contributed by atoms with E-state index in [4.69, 9.17) is 23.2 Å². The summed E-state index contributed by atoms with van der Waals surface area (Å²) in [5, 5.41) is 1.58. The Bertz CT molecular complexity index is 261. The van der Waals surface area contributed by atoms with E-state index in [-0.39, 0.29) is 0 Å². The fourth-order valence-corrected chi connectivity index (χ4v) is 1.62. The minimum Gasteiger partial charge on any atom is -0.250 e. The van der Waals surface area contributed by atoms with Crippen molar-refractivity contribution in [3.63, 3.8) is 0 Å². The van der Waals surface area contributed by atoms with Crippen LogP contribution in [0.2, 0.25) is 0 Å². The maximum atomic E-state index is 5.70.